The van der Waals surface area contributed by atoms with Crippen molar-refractivity contribution in [2.45, 2.75) is 38.8 Å². The number of benzene rings is 3. The van der Waals surface area contributed by atoms with Crippen molar-refractivity contribution in [3.63, 3.8) is 0 Å². The number of hydrogen-bond donors (Lipinski definition) is 0. The third kappa shape index (κ3) is 4.01. The Morgan fingerprint density at radius 3 is 2.11 bits per heavy atom. The van der Waals surface area contributed by atoms with Gasteiger partial charge in [-0.25, -0.2) is 13.2 Å². The molecule has 0 radical (unpaired) electrons. The van der Waals surface area contributed by atoms with Gasteiger partial charge in [0.1, 0.15) is 17.5 Å². The van der Waals surface area contributed by atoms with E-state index in [0.717, 1.165) is 31.4 Å². The molecule has 0 amide bonds. The Hall–Kier alpha value is -2.50. The Morgan fingerprint density at radius 1 is 0.821 bits per heavy atom. The fourth-order valence-electron chi connectivity index (χ4n) is 3.29. The topological polar surface area (TPSA) is 0 Å². The molecule has 0 heterocycles. The Bertz CT molecular complexity index is 981. The van der Waals surface area contributed by atoms with Crippen LogP contribution in [0.3, 0.4) is 0 Å². The second-order valence-corrected chi connectivity index (χ2v) is 6.75. The lowest BCUT2D eigenvalue weighted by molar-refractivity contribution is -0.139. The van der Waals surface area contributed by atoms with Gasteiger partial charge in [0.05, 0.1) is 11.1 Å². The first-order valence-electron chi connectivity index (χ1n) is 9.00. The molecule has 0 saturated heterocycles. The summed E-state index contributed by atoms with van der Waals surface area (Å²) in [7, 11) is 0. The van der Waals surface area contributed by atoms with Crippen molar-refractivity contribution in [2.75, 3.05) is 0 Å². The minimum atomic E-state index is -4.82. The first-order chi connectivity index (χ1) is 13.2. The Balaban J connectivity index is 2.02. The van der Waals surface area contributed by atoms with Gasteiger partial charge in [0.2, 0.25) is 0 Å². The van der Waals surface area contributed by atoms with Gasteiger partial charge in [-0.15, -0.1) is 0 Å². The van der Waals surface area contributed by atoms with Crippen LogP contribution < -0.4 is 0 Å². The van der Waals surface area contributed by atoms with Gasteiger partial charge in [-0.05, 0) is 53.6 Å². The fraction of sp³-hybridized carbons (Fsp3) is 0.273. The molecule has 148 valence electrons. The quantitative estimate of drug-likeness (QED) is 0.307. The van der Waals surface area contributed by atoms with Gasteiger partial charge in [0, 0.05) is 5.39 Å². The molecule has 28 heavy (non-hydrogen) atoms. The summed E-state index contributed by atoms with van der Waals surface area (Å²) < 4.78 is 81.8. The molecule has 0 saturated carbocycles. The second-order valence-electron chi connectivity index (χ2n) is 6.75. The van der Waals surface area contributed by atoms with E-state index in [4.69, 9.17) is 0 Å². The van der Waals surface area contributed by atoms with Crippen molar-refractivity contribution in [1.82, 2.24) is 0 Å². The van der Waals surface area contributed by atoms with E-state index in [0.29, 0.717) is 18.1 Å². The van der Waals surface area contributed by atoms with E-state index in [-0.39, 0.29) is 21.9 Å². The van der Waals surface area contributed by atoms with Gasteiger partial charge >= 0.3 is 6.18 Å². The summed E-state index contributed by atoms with van der Waals surface area (Å²) in [5.74, 6) is -2.90. The van der Waals surface area contributed by atoms with Crippen LogP contribution in [0.5, 0.6) is 0 Å². The smallest absolute Gasteiger partial charge is 0.206 e. The molecular weight excluding hydrogens is 378 g/mol. The molecule has 0 aliphatic carbocycles. The molecule has 0 atom stereocenters. The summed E-state index contributed by atoms with van der Waals surface area (Å²) >= 11 is 0. The molecule has 3 rings (SSSR count). The van der Waals surface area contributed by atoms with Gasteiger partial charge in [0.25, 0.3) is 0 Å². The largest absolute Gasteiger partial charge is 0.419 e. The van der Waals surface area contributed by atoms with Crippen molar-refractivity contribution in [3.05, 3.63) is 71.0 Å². The molecule has 0 aliphatic heterocycles. The summed E-state index contributed by atoms with van der Waals surface area (Å²) in [5.41, 5.74) is -0.960. The summed E-state index contributed by atoms with van der Waals surface area (Å²) in [6, 6.07) is 7.89. The highest BCUT2D eigenvalue weighted by molar-refractivity contribution is 5.88. The molecule has 0 spiro atoms. The average Bonchev–Trinajstić information content (AvgIpc) is 2.60. The maximum absolute atomic E-state index is 14.5. The third-order valence-electron chi connectivity index (χ3n) is 4.72. The molecule has 0 unspecified atom stereocenters. The zero-order chi connectivity index (χ0) is 20.5. The summed E-state index contributed by atoms with van der Waals surface area (Å²) in [5, 5.41) is -0.121. The minimum absolute atomic E-state index is 0.133. The highest BCUT2D eigenvalue weighted by Crippen LogP contribution is 2.36. The van der Waals surface area contributed by atoms with Crippen LogP contribution in [0, 0.1) is 17.5 Å². The number of unbranched alkanes of at least 4 members (excludes halogenated alkanes) is 2. The Labute approximate surface area is 158 Å². The summed E-state index contributed by atoms with van der Waals surface area (Å²) in [4.78, 5) is 0. The zero-order valence-corrected chi connectivity index (χ0v) is 15.1. The van der Waals surface area contributed by atoms with Crippen molar-refractivity contribution < 1.29 is 26.3 Å². The lowest BCUT2D eigenvalue weighted by atomic mass is 9.96. The van der Waals surface area contributed by atoms with Crippen molar-refractivity contribution >= 4 is 10.8 Å². The van der Waals surface area contributed by atoms with Crippen molar-refractivity contribution in [1.29, 1.82) is 0 Å². The minimum Gasteiger partial charge on any atom is -0.206 e. The molecule has 0 aliphatic rings. The van der Waals surface area contributed by atoms with E-state index in [1.807, 2.05) is 6.92 Å². The van der Waals surface area contributed by atoms with E-state index >= 15 is 0 Å². The van der Waals surface area contributed by atoms with Crippen molar-refractivity contribution in [3.8, 4) is 11.1 Å². The summed E-state index contributed by atoms with van der Waals surface area (Å²) in [6.07, 6.45) is -1.48. The standard InChI is InChI=1S/C22H18F6/c1-2-3-4-5-13-10-18(23)20(19(24)11-13)15-6-8-16-14(12-15)7-9-17(21(16)25)22(26,27)28/h6-12H,2-5H2,1H3. The van der Waals surface area contributed by atoms with E-state index in [1.54, 1.807) is 0 Å². The van der Waals surface area contributed by atoms with Crippen LogP contribution in [0.4, 0.5) is 26.3 Å². The fourth-order valence-corrected chi connectivity index (χ4v) is 3.29. The first kappa shape index (κ1) is 20.2. The highest BCUT2D eigenvalue weighted by atomic mass is 19.4. The lowest BCUT2D eigenvalue weighted by Gasteiger charge is -2.12. The first-order valence-corrected chi connectivity index (χ1v) is 9.00. The van der Waals surface area contributed by atoms with Crippen LogP contribution in [0.1, 0.15) is 37.3 Å². The summed E-state index contributed by atoms with van der Waals surface area (Å²) in [6.45, 7) is 2.03. The van der Waals surface area contributed by atoms with Gasteiger partial charge in [-0.3, -0.25) is 0 Å². The van der Waals surface area contributed by atoms with Crippen LogP contribution in [0.15, 0.2) is 42.5 Å². The maximum atomic E-state index is 14.5. The maximum Gasteiger partial charge on any atom is 0.419 e. The molecule has 0 bridgehead atoms. The zero-order valence-electron chi connectivity index (χ0n) is 15.1. The van der Waals surface area contributed by atoms with Crippen LogP contribution in [-0.4, -0.2) is 0 Å². The van der Waals surface area contributed by atoms with Crippen molar-refractivity contribution in [2.24, 2.45) is 0 Å². The van der Waals surface area contributed by atoms with Gasteiger partial charge in [-0.1, -0.05) is 38.0 Å². The Kier molecular flexibility index (Phi) is 5.68. The van der Waals surface area contributed by atoms with Crippen LogP contribution in [0.25, 0.3) is 21.9 Å². The number of halogens is 6. The normalized spacial score (nSPS) is 12.0. The number of alkyl halides is 3. The SMILES string of the molecule is CCCCCc1cc(F)c(-c2ccc3c(F)c(C(F)(F)F)ccc3c2)c(F)c1. The molecule has 0 aromatic heterocycles. The van der Waals surface area contributed by atoms with Gasteiger partial charge in [-0.2, -0.15) is 13.2 Å². The molecule has 3 aromatic rings. The second kappa shape index (κ2) is 7.86. The third-order valence-corrected chi connectivity index (χ3v) is 4.72. The van der Waals surface area contributed by atoms with E-state index in [9.17, 15) is 26.3 Å². The van der Waals surface area contributed by atoms with E-state index in [1.165, 1.54) is 24.3 Å². The number of aryl methyl sites for hydroxylation is 1. The highest BCUT2D eigenvalue weighted by Gasteiger charge is 2.34. The van der Waals surface area contributed by atoms with E-state index < -0.39 is 29.2 Å². The van der Waals surface area contributed by atoms with Gasteiger partial charge < -0.3 is 0 Å². The monoisotopic (exact) mass is 396 g/mol. The van der Waals surface area contributed by atoms with Crippen LogP contribution in [0.2, 0.25) is 0 Å². The molecule has 0 nitrogen and oxygen atoms in total. The number of rotatable bonds is 5. The van der Waals surface area contributed by atoms with Crippen LogP contribution >= 0.6 is 0 Å². The predicted octanol–water partition coefficient (Wildman–Crippen LogP) is 7.68. The lowest BCUT2D eigenvalue weighted by Crippen LogP contribution is -2.08. The number of hydrogen-bond acceptors (Lipinski definition) is 0. The molecule has 0 fully saturated rings. The molecule has 3 aromatic carbocycles. The molecule has 0 N–H and O–H groups in total. The van der Waals surface area contributed by atoms with E-state index in [2.05, 4.69) is 0 Å². The molecule has 6 heteroatoms. The Morgan fingerprint density at radius 2 is 1.50 bits per heavy atom. The molecular formula is C22H18F6. The predicted molar refractivity (Wildman–Crippen MR) is 97.5 cm³/mol. The number of fused-ring (bicyclic) bond motifs is 1. The van der Waals surface area contributed by atoms with Gasteiger partial charge in [0.15, 0.2) is 0 Å². The van der Waals surface area contributed by atoms with Crippen LogP contribution in [-0.2, 0) is 12.6 Å². The average molecular weight is 396 g/mol.